The lowest BCUT2D eigenvalue weighted by Gasteiger charge is -2.09. The number of aryl methyl sites for hydroxylation is 2. The zero-order chi connectivity index (χ0) is 18.5. The van der Waals surface area contributed by atoms with Crippen LogP contribution >= 0.6 is 0 Å². The Kier molecular flexibility index (Phi) is 5.12. The van der Waals surface area contributed by atoms with Gasteiger partial charge in [-0.1, -0.05) is 18.2 Å². The number of benzene rings is 1. The Morgan fingerprint density at radius 1 is 1.15 bits per heavy atom. The highest BCUT2D eigenvalue weighted by Crippen LogP contribution is 2.09. The number of nitrogens with zero attached hydrogens (tertiary/aromatic N) is 4. The first-order valence-electron chi connectivity index (χ1n) is 8.11. The molecule has 0 aliphatic heterocycles. The second-order valence-corrected chi connectivity index (χ2v) is 5.69. The minimum atomic E-state index is -0.411. The molecule has 1 amide bonds. The number of amides is 1. The maximum absolute atomic E-state index is 12.4. The van der Waals surface area contributed by atoms with Crippen molar-refractivity contribution in [2.45, 2.75) is 13.5 Å². The van der Waals surface area contributed by atoms with Gasteiger partial charge in [0.25, 0.3) is 11.5 Å². The van der Waals surface area contributed by atoms with E-state index in [0.29, 0.717) is 11.6 Å². The molecule has 0 saturated carbocycles. The van der Waals surface area contributed by atoms with E-state index < -0.39 is 5.91 Å². The number of nitrogens with one attached hydrogen (secondary N) is 1. The van der Waals surface area contributed by atoms with Crippen LogP contribution in [-0.2, 0) is 13.6 Å². The summed E-state index contributed by atoms with van der Waals surface area (Å²) in [5.41, 5.74) is 0.636. The Morgan fingerprint density at radius 2 is 1.92 bits per heavy atom. The molecule has 0 bridgehead atoms. The van der Waals surface area contributed by atoms with Crippen molar-refractivity contribution in [3.63, 3.8) is 0 Å². The predicted octanol–water partition coefficient (Wildman–Crippen LogP) is 1.62. The smallest absolute Gasteiger partial charge is 0.277 e. The van der Waals surface area contributed by atoms with Crippen LogP contribution < -0.4 is 15.6 Å². The standard InChI is InChI=1S/C18H19N5O3/c1-13-12-16(22(2)20-13)19-18(25)15-8-9-17(24)23(21-15)10-11-26-14-6-4-3-5-7-14/h3-9,12H,10-11H2,1-2H3,(H,19,25). The van der Waals surface area contributed by atoms with Gasteiger partial charge in [0, 0.05) is 19.2 Å². The zero-order valence-electron chi connectivity index (χ0n) is 14.5. The SMILES string of the molecule is Cc1cc(NC(=O)c2ccc(=O)n(CCOc3ccccc3)n2)n(C)n1. The minimum absolute atomic E-state index is 0.142. The van der Waals surface area contributed by atoms with Crippen LogP contribution in [0.2, 0.25) is 0 Å². The number of hydrogen-bond acceptors (Lipinski definition) is 5. The highest BCUT2D eigenvalue weighted by atomic mass is 16.5. The summed E-state index contributed by atoms with van der Waals surface area (Å²) in [6.45, 7) is 2.34. The van der Waals surface area contributed by atoms with Crippen LogP contribution in [0.1, 0.15) is 16.2 Å². The Morgan fingerprint density at radius 3 is 2.62 bits per heavy atom. The van der Waals surface area contributed by atoms with E-state index in [2.05, 4.69) is 15.5 Å². The fourth-order valence-electron chi connectivity index (χ4n) is 2.40. The number of rotatable bonds is 6. The van der Waals surface area contributed by atoms with Gasteiger partial charge in [0.1, 0.15) is 23.9 Å². The molecular weight excluding hydrogens is 334 g/mol. The van der Waals surface area contributed by atoms with E-state index in [1.165, 1.54) is 16.8 Å². The van der Waals surface area contributed by atoms with E-state index in [1.807, 2.05) is 37.3 Å². The Hall–Kier alpha value is -3.42. The molecular formula is C18H19N5O3. The van der Waals surface area contributed by atoms with Crippen molar-refractivity contribution in [2.24, 2.45) is 7.05 Å². The van der Waals surface area contributed by atoms with E-state index in [4.69, 9.17) is 4.74 Å². The highest BCUT2D eigenvalue weighted by molar-refractivity contribution is 6.02. The number of ether oxygens (including phenoxy) is 1. The number of para-hydroxylation sites is 1. The van der Waals surface area contributed by atoms with Crippen molar-refractivity contribution in [1.29, 1.82) is 0 Å². The second kappa shape index (κ2) is 7.64. The molecule has 0 saturated heterocycles. The first-order valence-corrected chi connectivity index (χ1v) is 8.11. The van der Waals surface area contributed by atoms with Gasteiger partial charge in [-0.2, -0.15) is 10.2 Å². The van der Waals surface area contributed by atoms with E-state index in [-0.39, 0.29) is 24.4 Å². The molecule has 0 fully saturated rings. The van der Waals surface area contributed by atoms with Crippen LogP contribution in [0.25, 0.3) is 0 Å². The van der Waals surface area contributed by atoms with Crippen molar-refractivity contribution in [1.82, 2.24) is 19.6 Å². The molecule has 0 spiro atoms. The van der Waals surface area contributed by atoms with Gasteiger partial charge in [0.05, 0.1) is 12.2 Å². The molecule has 26 heavy (non-hydrogen) atoms. The molecule has 1 N–H and O–H groups in total. The van der Waals surface area contributed by atoms with E-state index >= 15 is 0 Å². The van der Waals surface area contributed by atoms with Crippen LogP contribution in [0.5, 0.6) is 5.75 Å². The normalized spacial score (nSPS) is 10.5. The minimum Gasteiger partial charge on any atom is -0.492 e. The number of carbonyl (C=O) groups is 1. The van der Waals surface area contributed by atoms with Crippen molar-refractivity contribution >= 4 is 11.7 Å². The maximum Gasteiger partial charge on any atom is 0.277 e. The molecule has 3 aromatic rings. The second-order valence-electron chi connectivity index (χ2n) is 5.69. The van der Waals surface area contributed by atoms with Crippen LogP contribution in [0.3, 0.4) is 0 Å². The lowest BCUT2D eigenvalue weighted by Crippen LogP contribution is -2.28. The fraction of sp³-hybridized carbons (Fsp3) is 0.222. The van der Waals surface area contributed by atoms with Gasteiger partial charge in [0.15, 0.2) is 0 Å². The molecule has 0 atom stereocenters. The van der Waals surface area contributed by atoms with Gasteiger partial charge in [-0.05, 0) is 25.1 Å². The predicted molar refractivity (Wildman–Crippen MR) is 96.3 cm³/mol. The molecule has 0 radical (unpaired) electrons. The summed E-state index contributed by atoms with van der Waals surface area (Å²) in [5, 5.41) is 11.0. The maximum atomic E-state index is 12.4. The Bertz CT molecular complexity index is 962. The molecule has 0 aliphatic carbocycles. The van der Waals surface area contributed by atoms with Gasteiger partial charge in [-0.15, -0.1) is 0 Å². The summed E-state index contributed by atoms with van der Waals surface area (Å²) in [4.78, 5) is 24.3. The largest absolute Gasteiger partial charge is 0.492 e. The third-order valence-corrected chi connectivity index (χ3v) is 3.66. The van der Waals surface area contributed by atoms with Crippen LogP contribution in [0.15, 0.2) is 53.3 Å². The van der Waals surface area contributed by atoms with Gasteiger partial charge < -0.3 is 10.1 Å². The lowest BCUT2D eigenvalue weighted by molar-refractivity contribution is 0.101. The lowest BCUT2D eigenvalue weighted by atomic mass is 10.3. The van der Waals surface area contributed by atoms with Crippen molar-refractivity contribution in [3.05, 3.63) is 70.3 Å². The summed E-state index contributed by atoms with van der Waals surface area (Å²) >= 11 is 0. The summed E-state index contributed by atoms with van der Waals surface area (Å²) in [6.07, 6.45) is 0. The first-order chi connectivity index (χ1) is 12.5. The fourth-order valence-corrected chi connectivity index (χ4v) is 2.40. The number of anilines is 1. The van der Waals surface area contributed by atoms with E-state index in [0.717, 1.165) is 5.69 Å². The Balaban J connectivity index is 1.67. The van der Waals surface area contributed by atoms with Crippen LogP contribution in [0, 0.1) is 6.92 Å². The summed E-state index contributed by atoms with van der Waals surface area (Å²) in [6, 6.07) is 13.8. The average Bonchev–Trinajstić information content (AvgIpc) is 2.94. The molecule has 0 aliphatic rings. The van der Waals surface area contributed by atoms with Crippen LogP contribution in [0.4, 0.5) is 5.82 Å². The molecule has 2 aromatic heterocycles. The first kappa shape index (κ1) is 17.4. The van der Waals surface area contributed by atoms with Crippen LogP contribution in [-0.4, -0.2) is 32.1 Å². The van der Waals surface area contributed by atoms with Gasteiger partial charge in [-0.25, -0.2) is 4.68 Å². The Labute approximate surface area is 150 Å². The van der Waals surface area contributed by atoms with Gasteiger partial charge in [-0.3, -0.25) is 14.3 Å². The quantitative estimate of drug-likeness (QED) is 0.727. The number of aromatic nitrogens is 4. The molecule has 0 unspecified atom stereocenters. The van der Waals surface area contributed by atoms with Crippen molar-refractivity contribution in [3.8, 4) is 5.75 Å². The molecule has 134 valence electrons. The third kappa shape index (κ3) is 4.15. The van der Waals surface area contributed by atoms with Crippen molar-refractivity contribution < 1.29 is 9.53 Å². The molecule has 8 heteroatoms. The monoisotopic (exact) mass is 353 g/mol. The third-order valence-electron chi connectivity index (χ3n) is 3.66. The zero-order valence-corrected chi connectivity index (χ0v) is 14.5. The van der Waals surface area contributed by atoms with Gasteiger partial charge in [0.2, 0.25) is 0 Å². The topological polar surface area (TPSA) is 91.0 Å². The average molecular weight is 353 g/mol. The molecule has 2 heterocycles. The van der Waals surface area contributed by atoms with Crippen molar-refractivity contribution in [2.75, 3.05) is 11.9 Å². The molecule has 8 nitrogen and oxygen atoms in total. The summed E-state index contributed by atoms with van der Waals surface area (Å²) in [7, 11) is 1.73. The number of hydrogen-bond donors (Lipinski definition) is 1. The van der Waals surface area contributed by atoms with E-state index in [9.17, 15) is 9.59 Å². The van der Waals surface area contributed by atoms with Gasteiger partial charge >= 0.3 is 0 Å². The summed E-state index contributed by atoms with van der Waals surface area (Å²) in [5.74, 6) is 0.853. The highest BCUT2D eigenvalue weighted by Gasteiger charge is 2.12. The molecule has 1 aromatic carbocycles. The summed E-state index contributed by atoms with van der Waals surface area (Å²) < 4.78 is 8.35. The molecule has 3 rings (SSSR count). The van der Waals surface area contributed by atoms with E-state index in [1.54, 1.807) is 17.8 Å². The number of carbonyl (C=O) groups excluding carboxylic acids is 1.